The van der Waals surface area contributed by atoms with Gasteiger partial charge in [-0.25, -0.2) is 0 Å². The zero-order valence-corrected chi connectivity index (χ0v) is 7.67. The van der Waals surface area contributed by atoms with Crippen molar-refractivity contribution in [1.29, 1.82) is 0 Å². The zero-order chi connectivity index (χ0) is 5.98. The number of rotatable bonds is 0. The van der Waals surface area contributed by atoms with Crippen LogP contribution >= 0.6 is 0 Å². The summed E-state index contributed by atoms with van der Waals surface area (Å²) in [7, 11) is 0. The van der Waals surface area contributed by atoms with E-state index in [0.717, 1.165) is 0 Å². The van der Waals surface area contributed by atoms with Gasteiger partial charge in [0.15, 0.2) is 0 Å². The van der Waals surface area contributed by atoms with E-state index in [1.165, 1.54) is 12.1 Å². The van der Waals surface area contributed by atoms with E-state index in [4.69, 9.17) is 10.8 Å². The number of anilines is 1. The number of phenols is 1. The van der Waals surface area contributed by atoms with E-state index in [9.17, 15) is 0 Å². The molecule has 0 amide bonds. The van der Waals surface area contributed by atoms with E-state index in [-0.39, 0.29) is 38.5 Å². The van der Waals surface area contributed by atoms with Crippen LogP contribution in [0.3, 0.4) is 0 Å². The molecule has 9 heavy (non-hydrogen) atoms. The molecule has 0 aliphatic rings. The number of benzene rings is 1. The van der Waals surface area contributed by atoms with Crippen LogP contribution < -0.4 is 5.73 Å². The number of phenolic OH excluding ortho intramolecular Hbond substituents is 1. The van der Waals surface area contributed by atoms with Gasteiger partial charge in [0.2, 0.25) is 0 Å². The van der Waals surface area contributed by atoms with Gasteiger partial charge in [-0.15, -0.1) is 6.07 Å². The molecule has 1 aromatic rings. The van der Waals surface area contributed by atoms with Crippen LogP contribution in [-0.4, -0.2) is 5.11 Å². The predicted molar refractivity (Wildman–Crippen MR) is 31.4 cm³/mol. The van der Waals surface area contributed by atoms with Gasteiger partial charge in [-0.05, 0) is 5.69 Å². The van der Waals surface area contributed by atoms with Crippen molar-refractivity contribution in [3.05, 3.63) is 24.3 Å². The molecular formula is C6H6NOY-. The monoisotopic (exact) mass is 197 g/mol. The second-order valence-electron chi connectivity index (χ2n) is 1.48. The van der Waals surface area contributed by atoms with E-state index in [2.05, 4.69) is 6.07 Å². The van der Waals surface area contributed by atoms with Crippen molar-refractivity contribution >= 4 is 5.69 Å². The van der Waals surface area contributed by atoms with E-state index < -0.39 is 0 Å². The molecule has 3 N–H and O–H groups in total. The fourth-order valence-corrected chi connectivity index (χ4v) is 0.435. The number of aromatic hydroxyl groups is 1. The van der Waals surface area contributed by atoms with Gasteiger partial charge in [0.25, 0.3) is 0 Å². The number of hydrogen-bond acceptors (Lipinski definition) is 2. The van der Waals surface area contributed by atoms with Crippen LogP contribution in [-0.2, 0) is 32.7 Å². The molecule has 1 radical (unpaired) electrons. The van der Waals surface area contributed by atoms with Crippen molar-refractivity contribution < 1.29 is 37.8 Å². The maximum atomic E-state index is 8.77. The first-order chi connectivity index (χ1) is 3.80. The molecule has 0 aliphatic heterocycles. The minimum Gasteiger partial charge on any atom is -0.531 e. The van der Waals surface area contributed by atoms with Crippen LogP contribution in [0.2, 0.25) is 0 Å². The minimum absolute atomic E-state index is 0. The third kappa shape index (κ3) is 2.33. The quantitative estimate of drug-likeness (QED) is 0.366. The second-order valence-corrected chi connectivity index (χ2v) is 1.48. The molecule has 0 bridgehead atoms. The van der Waals surface area contributed by atoms with E-state index in [0.29, 0.717) is 5.69 Å². The van der Waals surface area contributed by atoms with Crippen LogP contribution in [0.15, 0.2) is 18.2 Å². The topological polar surface area (TPSA) is 46.2 Å². The summed E-state index contributed by atoms with van der Waals surface area (Å²) in [5.74, 6) is 0.115. The Balaban J connectivity index is 0.000000640. The standard InChI is InChI=1S/C6H6NO.Y/c7-5-3-1-2-4-6(5)8;/h2-4,8H,7H2;/q-1;. The van der Waals surface area contributed by atoms with Crippen molar-refractivity contribution in [2.24, 2.45) is 0 Å². The predicted octanol–water partition coefficient (Wildman–Crippen LogP) is 0.772. The average Bonchev–Trinajstić information content (AvgIpc) is 1.77. The maximum absolute atomic E-state index is 8.77. The van der Waals surface area contributed by atoms with Gasteiger partial charge in [0, 0.05) is 38.5 Å². The fourth-order valence-electron chi connectivity index (χ4n) is 0.435. The summed E-state index contributed by atoms with van der Waals surface area (Å²) in [4.78, 5) is 0. The first-order valence-electron chi connectivity index (χ1n) is 2.25. The summed E-state index contributed by atoms with van der Waals surface area (Å²) in [6.45, 7) is 0. The molecule has 0 heterocycles. The van der Waals surface area contributed by atoms with Crippen molar-refractivity contribution in [3.63, 3.8) is 0 Å². The van der Waals surface area contributed by atoms with Gasteiger partial charge in [-0.3, -0.25) is 0 Å². The molecular weight excluding hydrogens is 191 g/mol. The molecule has 2 nitrogen and oxygen atoms in total. The summed E-state index contributed by atoms with van der Waals surface area (Å²) in [5.41, 5.74) is 5.61. The molecule has 0 spiro atoms. The second kappa shape index (κ2) is 3.86. The third-order valence-electron chi connectivity index (χ3n) is 0.872. The molecule has 3 heteroatoms. The van der Waals surface area contributed by atoms with E-state index in [1.807, 2.05) is 0 Å². The Morgan fingerprint density at radius 2 is 2.22 bits per heavy atom. The largest absolute Gasteiger partial charge is 0.531 e. The number of nitrogen functional groups attached to an aromatic ring is 1. The molecule has 0 aromatic heterocycles. The summed E-state index contributed by atoms with van der Waals surface area (Å²) in [5, 5.41) is 8.77. The van der Waals surface area contributed by atoms with Crippen molar-refractivity contribution in [1.82, 2.24) is 0 Å². The van der Waals surface area contributed by atoms with Gasteiger partial charge in [0.05, 0.1) is 0 Å². The van der Waals surface area contributed by atoms with Gasteiger partial charge >= 0.3 is 0 Å². The molecule has 0 saturated carbocycles. The molecule has 1 aromatic carbocycles. The normalized spacial score (nSPS) is 8.00. The molecule has 1 rings (SSSR count). The Morgan fingerprint density at radius 3 is 2.56 bits per heavy atom. The molecule has 0 fully saturated rings. The van der Waals surface area contributed by atoms with Crippen molar-refractivity contribution in [3.8, 4) is 5.75 Å². The summed E-state index contributed by atoms with van der Waals surface area (Å²) >= 11 is 0. The SMILES string of the molecule is Nc1c[c-]ccc1O.[Y]. The fraction of sp³-hybridized carbons (Fsp3) is 0. The molecule has 45 valence electrons. The van der Waals surface area contributed by atoms with E-state index in [1.54, 1.807) is 6.07 Å². The average molecular weight is 197 g/mol. The Bertz CT molecular complexity index is 169. The molecule has 0 atom stereocenters. The Morgan fingerprint density at radius 1 is 1.56 bits per heavy atom. The summed E-state index contributed by atoms with van der Waals surface area (Å²) < 4.78 is 0. The van der Waals surface area contributed by atoms with Crippen LogP contribution in [0, 0.1) is 6.07 Å². The number of nitrogens with two attached hydrogens (primary N) is 1. The first kappa shape index (κ1) is 8.92. The van der Waals surface area contributed by atoms with Crippen LogP contribution in [0.4, 0.5) is 5.69 Å². The summed E-state index contributed by atoms with van der Waals surface area (Å²) in [6, 6.07) is 7.34. The molecule has 0 aliphatic carbocycles. The van der Waals surface area contributed by atoms with Gasteiger partial charge < -0.3 is 10.8 Å². The first-order valence-corrected chi connectivity index (χ1v) is 2.25. The van der Waals surface area contributed by atoms with Gasteiger partial charge in [0.1, 0.15) is 0 Å². The van der Waals surface area contributed by atoms with Crippen molar-refractivity contribution in [2.75, 3.05) is 5.73 Å². The number of hydrogen-bond donors (Lipinski definition) is 2. The Kier molecular flexibility index (Phi) is 3.82. The van der Waals surface area contributed by atoms with Crippen LogP contribution in [0.25, 0.3) is 0 Å². The van der Waals surface area contributed by atoms with Gasteiger partial charge in [-0.1, -0.05) is 0 Å². The van der Waals surface area contributed by atoms with Gasteiger partial charge in [-0.2, -0.15) is 18.2 Å². The minimum atomic E-state index is 0. The Hall–Kier alpha value is -0.0761. The van der Waals surface area contributed by atoms with Crippen LogP contribution in [0.5, 0.6) is 5.75 Å². The molecule has 0 unspecified atom stereocenters. The zero-order valence-electron chi connectivity index (χ0n) is 4.83. The van der Waals surface area contributed by atoms with Crippen LogP contribution in [0.1, 0.15) is 0 Å². The summed E-state index contributed by atoms with van der Waals surface area (Å²) in [6.07, 6.45) is 0. The smallest absolute Gasteiger partial charge is 0.0303 e. The van der Waals surface area contributed by atoms with E-state index >= 15 is 0 Å². The van der Waals surface area contributed by atoms with Crippen molar-refractivity contribution in [2.45, 2.75) is 0 Å². The maximum Gasteiger partial charge on any atom is 0.0303 e. The third-order valence-corrected chi connectivity index (χ3v) is 0.872. The Labute approximate surface area is 78.9 Å². The molecule has 0 saturated heterocycles.